The van der Waals surface area contributed by atoms with Gasteiger partial charge in [0.15, 0.2) is 0 Å². The number of aliphatic hydroxyl groups is 3. The highest BCUT2D eigenvalue weighted by atomic mass is 16.7. The Hall–Kier alpha value is -1.74. The van der Waals surface area contributed by atoms with Gasteiger partial charge in [-0.25, -0.2) is 0 Å². The summed E-state index contributed by atoms with van der Waals surface area (Å²) < 4.78 is 10.8. The van der Waals surface area contributed by atoms with Crippen molar-refractivity contribution in [2.75, 3.05) is 7.11 Å². The van der Waals surface area contributed by atoms with E-state index in [-0.39, 0.29) is 12.1 Å². The summed E-state index contributed by atoms with van der Waals surface area (Å²) in [4.78, 5) is 10.0. The summed E-state index contributed by atoms with van der Waals surface area (Å²) >= 11 is 0. The van der Waals surface area contributed by atoms with E-state index >= 15 is 0 Å². The van der Waals surface area contributed by atoms with Gasteiger partial charge in [0.1, 0.15) is 11.9 Å². The maximum atomic E-state index is 10.5. The van der Waals surface area contributed by atoms with Gasteiger partial charge < -0.3 is 24.8 Å². The first-order valence-electron chi connectivity index (χ1n) is 6.35. The number of nitro groups is 1. The molecule has 0 saturated carbocycles. The lowest BCUT2D eigenvalue weighted by molar-refractivity contribution is -0.384. The van der Waals surface area contributed by atoms with E-state index in [1.165, 1.54) is 24.3 Å². The molecular weight excluding hydrogens is 282 g/mol. The number of aliphatic hydroxyl groups excluding tert-OH is 3. The topological polar surface area (TPSA) is 122 Å². The predicted molar refractivity (Wildman–Crippen MR) is 72.8 cm³/mol. The minimum Gasteiger partial charge on any atom is -0.465 e. The molecule has 1 fully saturated rings. The SMILES string of the molecule is CC1O[C@@H](Oc2ccc([N+](=O)[O-])cc2)C[C@@H](O)[C@H]1O.CO. The van der Waals surface area contributed by atoms with Crippen molar-refractivity contribution in [3.8, 4) is 5.75 Å². The summed E-state index contributed by atoms with van der Waals surface area (Å²) in [7, 11) is 1.00. The van der Waals surface area contributed by atoms with Gasteiger partial charge in [0.25, 0.3) is 5.69 Å². The van der Waals surface area contributed by atoms with E-state index in [0.29, 0.717) is 5.75 Å². The molecule has 1 aromatic carbocycles. The van der Waals surface area contributed by atoms with E-state index in [4.69, 9.17) is 14.6 Å². The molecule has 2 rings (SSSR count). The normalized spacial score (nSPS) is 28.2. The number of ether oxygens (including phenoxy) is 2. The molecule has 1 aliphatic rings. The van der Waals surface area contributed by atoms with Crippen LogP contribution >= 0.6 is 0 Å². The third-order valence-corrected chi connectivity index (χ3v) is 2.99. The zero-order valence-corrected chi connectivity index (χ0v) is 11.7. The Morgan fingerprint density at radius 2 is 1.86 bits per heavy atom. The van der Waals surface area contributed by atoms with Gasteiger partial charge in [-0.1, -0.05) is 0 Å². The standard InChI is InChI=1S/C12H15NO6.CH4O/c1-7-12(15)10(14)6-11(18-7)19-9-4-2-8(3-5-9)13(16)17;1-2/h2-5,7,10-12,14-15H,6H2,1H3;2H,1H3/t7?,10-,11+,12+;/m1./s1. The van der Waals surface area contributed by atoms with E-state index in [0.717, 1.165) is 7.11 Å². The van der Waals surface area contributed by atoms with Gasteiger partial charge in [-0.2, -0.15) is 0 Å². The largest absolute Gasteiger partial charge is 0.465 e. The Labute approximate surface area is 121 Å². The third kappa shape index (κ3) is 4.64. The fourth-order valence-corrected chi connectivity index (χ4v) is 1.90. The van der Waals surface area contributed by atoms with Crippen LogP contribution in [0, 0.1) is 10.1 Å². The van der Waals surface area contributed by atoms with Crippen LogP contribution in [-0.2, 0) is 4.74 Å². The molecule has 0 spiro atoms. The summed E-state index contributed by atoms with van der Waals surface area (Å²) in [5.74, 6) is 0.409. The molecule has 0 amide bonds. The van der Waals surface area contributed by atoms with Crippen LogP contribution < -0.4 is 4.74 Å². The lowest BCUT2D eigenvalue weighted by atomic mass is 10.0. The maximum absolute atomic E-state index is 10.5. The molecule has 1 heterocycles. The molecule has 0 aromatic heterocycles. The molecule has 1 aliphatic heterocycles. The van der Waals surface area contributed by atoms with Crippen molar-refractivity contribution >= 4 is 5.69 Å². The van der Waals surface area contributed by atoms with Crippen LogP contribution in [0.4, 0.5) is 5.69 Å². The van der Waals surface area contributed by atoms with Crippen molar-refractivity contribution < 1.29 is 29.7 Å². The van der Waals surface area contributed by atoms with Crippen LogP contribution in [0.15, 0.2) is 24.3 Å². The predicted octanol–water partition coefficient (Wildman–Crippen LogP) is 0.439. The van der Waals surface area contributed by atoms with Crippen LogP contribution in [0.2, 0.25) is 0 Å². The minimum atomic E-state index is -0.934. The highest BCUT2D eigenvalue weighted by Gasteiger charge is 2.35. The Morgan fingerprint density at radius 3 is 2.33 bits per heavy atom. The minimum absolute atomic E-state index is 0.0271. The molecule has 4 atom stereocenters. The number of hydrogen-bond acceptors (Lipinski definition) is 7. The van der Waals surface area contributed by atoms with Crippen LogP contribution in [0.25, 0.3) is 0 Å². The Morgan fingerprint density at radius 1 is 1.29 bits per heavy atom. The fourth-order valence-electron chi connectivity index (χ4n) is 1.90. The molecule has 118 valence electrons. The van der Waals surface area contributed by atoms with Crippen LogP contribution in [0.3, 0.4) is 0 Å². The summed E-state index contributed by atoms with van der Waals surface area (Å²) in [6.45, 7) is 1.64. The van der Waals surface area contributed by atoms with Crippen molar-refractivity contribution in [1.29, 1.82) is 0 Å². The van der Waals surface area contributed by atoms with Gasteiger partial charge in [-0.3, -0.25) is 10.1 Å². The second kappa shape index (κ2) is 7.89. The van der Waals surface area contributed by atoms with E-state index in [9.17, 15) is 20.3 Å². The number of non-ortho nitro benzene ring substituents is 1. The second-order valence-electron chi connectivity index (χ2n) is 4.43. The monoisotopic (exact) mass is 301 g/mol. The van der Waals surface area contributed by atoms with Gasteiger partial charge in [-0.05, 0) is 19.1 Å². The molecule has 0 radical (unpaired) electrons. The van der Waals surface area contributed by atoms with Crippen molar-refractivity contribution in [3.05, 3.63) is 34.4 Å². The molecule has 1 saturated heterocycles. The first-order valence-corrected chi connectivity index (χ1v) is 6.35. The van der Waals surface area contributed by atoms with Gasteiger partial charge in [0.2, 0.25) is 6.29 Å². The quantitative estimate of drug-likeness (QED) is 0.547. The van der Waals surface area contributed by atoms with Crippen LogP contribution in [-0.4, -0.2) is 52.0 Å². The average Bonchev–Trinajstić information content (AvgIpc) is 2.47. The third-order valence-electron chi connectivity index (χ3n) is 2.99. The Bertz CT molecular complexity index is 438. The Balaban J connectivity index is 0.00000106. The van der Waals surface area contributed by atoms with E-state index in [1.807, 2.05) is 0 Å². The fraction of sp³-hybridized carbons (Fsp3) is 0.538. The summed E-state index contributed by atoms with van der Waals surface area (Å²) in [5, 5.41) is 36.6. The van der Waals surface area contributed by atoms with E-state index in [1.54, 1.807) is 6.92 Å². The second-order valence-corrected chi connectivity index (χ2v) is 4.43. The summed E-state index contributed by atoms with van der Waals surface area (Å²) in [5.41, 5.74) is -0.0271. The zero-order chi connectivity index (χ0) is 16.0. The van der Waals surface area contributed by atoms with Crippen molar-refractivity contribution in [3.63, 3.8) is 0 Å². The van der Waals surface area contributed by atoms with Crippen LogP contribution in [0.5, 0.6) is 5.75 Å². The van der Waals surface area contributed by atoms with Gasteiger partial charge in [-0.15, -0.1) is 0 Å². The lowest BCUT2D eigenvalue weighted by Gasteiger charge is -2.35. The number of nitrogens with zero attached hydrogens (tertiary/aromatic N) is 1. The molecule has 3 N–H and O–H groups in total. The van der Waals surface area contributed by atoms with Crippen molar-refractivity contribution in [2.45, 2.75) is 37.9 Å². The van der Waals surface area contributed by atoms with Crippen molar-refractivity contribution in [1.82, 2.24) is 0 Å². The van der Waals surface area contributed by atoms with Gasteiger partial charge in [0, 0.05) is 25.7 Å². The zero-order valence-electron chi connectivity index (χ0n) is 11.7. The van der Waals surface area contributed by atoms with Gasteiger partial charge in [0.05, 0.1) is 17.1 Å². The number of nitro benzene ring substituents is 1. The number of benzene rings is 1. The molecule has 1 unspecified atom stereocenters. The highest BCUT2D eigenvalue weighted by molar-refractivity contribution is 5.36. The molecule has 8 heteroatoms. The molecule has 0 bridgehead atoms. The molecule has 1 aromatic rings. The van der Waals surface area contributed by atoms with Gasteiger partial charge >= 0.3 is 0 Å². The smallest absolute Gasteiger partial charge is 0.269 e. The summed E-state index contributed by atoms with van der Waals surface area (Å²) in [6.07, 6.45) is -2.92. The molecule has 21 heavy (non-hydrogen) atoms. The van der Waals surface area contributed by atoms with Crippen molar-refractivity contribution in [2.24, 2.45) is 0 Å². The number of rotatable bonds is 3. The summed E-state index contributed by atoms with van der Waals surface area (Å²) in [6, 6.07) is 5.58. The molecule has 8 nitrogen and oxygen atoms in total. The van der Waals surface area contributed by atoms with Crippen LogP contribution in [0.1, 0.15) is 13.3 Å². The molecular formula is C13H19NO7. The number of hydrogen-bond donors (Lipinski definition) is 3. The first-order chi connectivity index (χ1) is 9.97. The lowest BCUT2D eigenvalue weighted by Crippen LogP contribution is -2.48. The highest BCUT2D eigenvalue weighted by Crippen LogP contribution is 2.24. The molecule has 0 aliphatic carbocycles. The van der Waals surface area contributed by atoms with E-state index < -0.39 is 29.5 Å². The Kier molecular flexibility index (Phi) is 6.50. The van der Waals surface area contributed by atoms with E-state index in [2.05, 4.69) is 0 Å². The maximum Gasteiger partial charge on any atom is 0.269 e. The average molecular weight is 301 g/mol. The first kappa shape index (κ1) is 17.3.